The first-order valence-electron chi connectivity index (χ1n) is 10.7. The number of hydrogen-bond donors (Lipinski definition) is 1. The van der Waals surface area contributed by atoms with Gasteiger partial charge < -0.3 is 19.9 Å². The van der Waals surface area contributed by atoms with Gasteiger partial charge in [-0.25, -0.2) is 0 Å². The van der Waals surface area contributed by atoms with E-state index in [-0.39, 0.29) is 28.9 Å². The molecule has 0 aromatic carbocycles. The van der Waals surface area contributed by atoms with Gasteiger partial charge in [0, 0.05) is 36.8 Å². The number of morpholine rings is 1. The van der Waals surface area contributed by atoms with Crippen molar-refractivity contribution < 1.29 is 14.3 Å². The van der Waals surface area contributed by atoms with Crippen LogP contribution in [-0.2, 0) is 14.3 Å². The third-order valence-corrected chi connectivity index (χ3v) is 6.40. The molecule has 2 fully saturated rings. The Morgan fingerprint density at radius 3 is 2.29 bits per heavy atom. The third-order valence-electron chi connectivity index (χ3n) is 5.50. The highest BCUT2D eigenvalue weighted by Gasteiger charge is 2.40. The lowest BCUT2D eigenvalue weighted by Gasteiger charge is -2.49. The Kier molecular flexibility index (Phi) is 8.64. The van der Waals surface area contributed by atoms with Gasteiger partial charge in [0.15, 0.2) is 0 Å². The van der Waals surface area contributed by atoms with Crippen LogP contribution in [0.25, 0.3) is 0 Å². The Morgan fingerprint density at radius 2 is 1.71 bits per heavy atom. The maximum Gasteiger partial charge on any atom is 0.232 e. The summed E-state index contributed by atoms with van der Waals surface area (Å²) in [6, 6.07) is 0.251. The maximum atomic E-state index is 13.1. The molecule has 2 amide bonds. The average molecular weight is 414 g/mol. The van der Waals surface area contributed by atoms with Crippen LogP contribution in [0, 0.1) is 0 Å². The van der Waals surface area contributed by atoms with Crippen molar-refractivity contribution in [1.29, 1.82) is 0 Å². The van der Waals surface area contributed by atoms with Gasteiger partial charge in [-0.1, -0.05) is 13.3 Å². The fourth-order valence-electron chi connectivity index (χ4n) is 4.54. The molecule has 0 aromatic heterocycles. The van der Waals surface area contributed by atoms with Gasteiger partial charge in [0.25, 0.3) is 0 Å². The van der Waals surface area contributed by atoms with Crippen LogP contribution in [-0.4, -0.2) is 83.1 Å². The molecule has 0 radical (unpaired) electrons. The Morgan fingerprint density at radius 1 is 1.11 bits per heavy atom. The van der Waals surface area contributed by atoms with Crippen molar-refractivity contribution in [3.05, 3.63) is 0 Å². The first kappa shape index (κ1) is 23.5. The summed E-state index contributed by atoms with van der Waals surface area (Å²) in [6.07, 6.45) is 4.02. The van der Waals surface area contributed by atoms with Crippen LogP contribution in [0.1, 0.15) is 60.3 Å². The van der Waals surface area contributed by atoms with Crippen LogP contribution < -0.4 is 5.32 Å². The monoisotopic (exact) mass is 413 g/mol. The topological polar surface area (TPSA) is 61.9 Å². The second kappa shape index (κ2) is 10.3. The average Bonchev–Trinajstić information content (AvgIpc) is 2.60. The molecule has 0 aliphatic carbocycles. The van der Waals surface area contributed by atoms with E-state index in [9.17, 15) is 9.59 Å². The highest BCUT2D eigenvalue weighted by atomic mass is 32.2. The molecular formula is C21H39N3O3S. The molecule has 0 spiro atoms. The van der Waals surface area contributed by atoms with Crippen molar-refractivity contribution in [2.75, 3.05) is 44.4 Å². The maximum absolute atomic E-state index is 13.1. The molecule has 2 saturated heterocycles. The van der Waals surface area contributed by atoms with Gasteiger partial charge in [0.05, 0.1) is 24.7 Å². The number of amides is 2. The van der Waals surface area contributed by atoms with Gasteiger partial charge in [0.2, 0.25) is 11.8 Å². The first-order valence-corrected chi connectivity index (χ1v) is 11.8. The van der Waals surface area contributed by atoms with Crippen molar-refractivity contribution in [3.63, 3.8) is 0 Å². The molecule has 1 N–H and O–H groups in total. The Bertz CT molecular complexity index is 517. The van der Waals surface area contributed by atoms with E-state index in [1.165, 1.54) is 11.8 Å². The molecular weight excluding hydrogens is 374 g/mol. The minimum absolute atomic E-state index is 0.0105. The second-order valence-corrected chi connectivity index (χ2v) is 10.4. The minimum Gasteiger partial charge on any atom is -0.378 e. The molecule has 2 aliphatic rings. The highest BCUT2D eigenvalue weighted by molar-refractivity contribution is 8.00. The predicted octanol–water partition coefficient (Wildman–Crippen LogP) is 2.52. The van der Waals surface area contributed by atoms with Gasteiger partial charge >= 0.3 is 0 Å². The zero-order valence-corrected chi connectivity index (χ0v) is 19.2. The van der Waals surface area contributed by atoms with E-state index in [4.69, 9.17) is 4.74 Å². The number of piperidine rings is 1. The molecule has 0 bridgehead atoms. The van der Waals surface area contributed by atoms with Crippen LogP contribution in [0.4, 0.5) is 0 Å². The van der Waals surface area contributed by atoms with E-state index in [1.807, 2.05) is 4.90 Å². The fraction of sp³-hybridized carbons (Fsp3) is 0.905. The van der Waals surface area contributed by atoms with E-state index in [2.05, 4.69) is 44.8 Å². The van der Waals surface area contributed by atoms with Gasteiger partial charge in [0.1, 0.15) is 0 Å². The normalized spacial score (nSPS) is 22.1. The SMILES string of the molecule is CCCCN(C(=O)CSCC(=O)N1CCOCC1)C1CC(C)(C)NC(C)(C)C1. The summed E-state index contributed by atoms with van der Waals surface area (Å²) in [6.45, 7) is 14.4. The van der Waals surface area contributed by atoms with Gasteiger partial charge in [-0.05, 0) is 47.0 Å². The number of rotatable bonds is 8. The molecule has 0 saturated carbocycles. The van der Waals surface area contributed by atoms with Crippen molar-refractivity contribution >= 4 is 23.6 Å². The predicted molar refractivity (Wildman–Crippen MR) is 116 cm³/mol. The number of ether oxygens (including phenoxy) is 1. The largest absolute Gasteiger partial charge is 0.378 e. The summed E-state index contributed by atoms with van der Waals surface area (Å²) in [4.78, 5) is 29.3. The molecule has 2 aliphatic heterocycles. The summed E-state index contributed by atoms with van der Waals surface area (Å²) in [7, 11) is 0. The number of hydrogen-bond acceptors (Lipinski definition) is 5. The summed E-state index contributed by atoms with van der Waals surface area (Å²) < 4.78 is 5.30. The molecule has 0 unspecified atom stereocenters. The highest BCUT2D eigenvalue weighted by Crippen LogP contribution is 2.32. The number of unbranched alkanes of at least 4 members (excludes halogenated alkanes) is 1. The van der Waals surface area contributed by atoms with Crippen LogP contribution in [0.5, 0.6) is 0 Å². The zero-order valence-electron chi connectivity index (χ0n) is 18.4. The Hall–Kier alpha value is -0.790. The quantitative estimate of drug-likeness (QED) is 0.663. The third kappa shape index (κ3) is 7.23. The van der Waals surface area contributed by atoms with E-state index in [0.29, 0.717) is 37.8 Å². The van der Waals surface area contributed by atoms with Gasteiger partial charge in [-0.2, -0.15) is 0 Å². The second-order valence-electron chi connectivity index (χ2n) is 9.38. The Labute approximate surface area is 175 Å². The number of carbonyl (C=O) groups excluding carboxylic acids is 2. The molecule has 2 rings (SSSR count). The van der Waals surface area contributed by atoms with E-state index < -0.39 is 0 Å². The van der Waals surface area contributed by atoms with E-state index in [0.717, 1.165) is 32.2 Å². The van der Waals surface area contributed by atoms with Crippen molar-refractivity contribution in [2.45, 2.75) is 77.4 Å². The summed E-state index contributed by atoms with van der Waals surface area (Å²) >= 11 is 1.45. The fourth-order valence-corrected chi connectivity index (χ4v) is 5.34. The molecule has 7 heteroatoms. The lowest BCUT2D eigenvalue weighted by atomic mass is 9.79. The number of nitrogens with one attached hydrogen (secondary N) is 1. The lowest BCUT2D eigenvalue weighted by Crippen LogP contribution is -2.63. The smallest absolute Gasteiger partial charge is 0.232 e. The van der Waals surface area contributed by atoms with Gasteiger partial charge in [-0.15, -0.1) is 11.8 Å². The lowest BCUT2D eigenvalue weighted by molar-refractivity contribution is -0.132. The minimum atomic E-state index is 0.0105. The summed E-state index contributed by atoms with van der Waals surface area (Å²) in [5, 5.41) is 3.70. The van der Waals surface area contributed by atoms with Crippen LogP contribution in [0.2, 0.25) is 0 Å². The summed E-state index contributed by atoms with van der Waals surface area (Å²) in [5.74, 6) is 1.04. The molecule has 28 heavy (non-hydrogen) atoms. The number of carbonyl (C=O) groups is 2. The number of thioether (sulfide) groups is 1. The van der Waals surface area contributed by atoms with Crippen LogP contribution >= 0.6 is 11.8 Å². The van der Waals surface area contributed by atoms with Crippen LogP contribution in [0.3, 0.4) is 0 Å². The number of nitrogens with zero attached hydrogens (tertiary/aromatic N) is 2. The summed E-state index contributed by atoms with van der Waals surface area (Å²) in [5.41, 5.74) is 0.0210. The van der Waals surface area contributed by atoms with E-state index >= 15 is 0 Å². The van der Waals surface area contributed by atoms with Crippen molar-refractivity contribution in [1.82, 2.24) is 15.1 Å². The first-order chi connectivity index (χ1) is 13.1. The molecule has 0 aromatic rings. The van der Waals surface area contributed by atoms with Crippen molar-refractivity contribution in [3.8, 4) is 0 Å². The van der Waals surface area contributed by atoms with E-state index in [1.54, 1.807) is 0 Å². The van der Waals surface area contributed by atoms with Gasteiger partial charge in [-0.3, -0.25) is 9.59 Å². The standard InChI is InChI=1S/C21H39N3O3S/c1-6-7-8-24(17-13-20(2,3)22-21(4,5)14-17)19(26)16-28-15-18(25)23-9-11-27-12-10-23/h17,22H,6-16H2,1-5H3. The Balaban J connectivity index is 1.92. The zero-order chi connectivity index (χ0) is 20.8. The van der Waals surface area contributed by atoms with Crippen molar-refractivity contribution in [2.24, 2.45) is 0 Å². The molecule has 2 heterocycles. The van der Waals surface area contributed by atoms with Crippen LogP contribution in [0.15, 0.2) is 0 Å². The molecule has 0 atom stereocenters. The molecule has 162 valence electrons. The molecule has 6 nitrogen and oxygen atoms in total.